The van der Waals surface area contributed by atoms with Crippen LogP contribution in [0.4, 0.5) is 0 Å². The Bertz CT molecular complexity index is 1320. The van der Waals surface area contributed by atoms with Crippen LogP contribution in [-0.2, 0) is 27.8 Å². The second-order valence-electron chi connectivity index (χ2n) is 7.57. The number of H-pyrrole nitrogens is 1. The monoisotopic (exact) mass is 448 g/mol. The van der Waals surface area contributed by atoms with Gasteiger partial charge in [-0.2, -0.15) is 4.72 Å². The fourth-order valence-corrected chi connectivity index (χ4v) is 5.02. The lowest BCUT2D eigenvalue weighted by molar-refractivity contribution is -0.122. The van der Waals surface area contributed by atoms with E-state index in [-0.39, 0.29) is 11.3 Å². The summed E-state index contributed by atoms with van der Waals surface area (Å²) in [7, 11) is -3.98. The first kappa shape index (κ1) is 21.7. The van der Waals surface area contributed by atoms with Crippen LogP contribution in [0.5, 0.6) is 0 Å². The molecule has 0 radical (unpaired) electrons. The number of fused-ring (bicyclic) bond motifs is 1. The highest BCUT2D eigenvalue weighted by Gasteiger charge is 2.28. The molecule has 0 fully saturated rings. The molecular weight excluding hydrogens is 424 g/mol. The van der Waals surface area contributed by atoms with Crippen molar-refractivity contribution in [3.63, 3.8) is 0 Å². The number of carbonyl (C=O) groups excluding carboxylic acids is 1. The number of carbonyl (C=O) groups is 1. The standard InChI is InChI=1S/C24H24N4O3S/c1-17-11-12-23(21-10-6-5-9-20(17)21)32(30,31)28-22(13-19-15-25-16-27-19)24(29)26-14-18-7-3-2-4-8-18/h2-12,15-16,22,28H,13-14H2,1H3,(H,25,27)(H,26,29). The van der Waals surface area contributed by atoms with Gasteiger partial charge < -0.3 is 10.3 Å². The SMILES string of the molecule is Cc1ccc(S(=O)(=O)NC(Cc2c[nH]cn2)C(=O)NCc2ccccc2)c2ccccc12. The number of amides is 1. The van der Waals surface area contributed by atoms with Crippen LogP contribution in [0.2, 0.25) is 0 Å². The summed E-state index contributed by atoms with van der Waals surface area (Å²) in [5, 5.41) is 4.30. The number of sulfonamides is 1. The summed E-state index contributed by atoms with van der Waals surface area (Å²) >= 11 is 0. The van der Waals surface area contributed by atoms with Crippen molar-refractivity contribution in [2.24, 2.45) is 0 Å². The van der Waals surface area contributed by atoms with Gasteiger partial charge >= 0.3 is 0 Å². The Kier molecular flexibility index (Phi) is 6.34. The molecule has 1 unspecified atom stereocenters. The van der Waals surface area contributed by atoms with E-state index in [1.807, 2.05) is 49.4 Å². The quantitative estimate of drug-likeness (QED) is 0.385. The first-order valence-corrected chi connectivity index (χ1v) is 11.7. The molecule has 0 saturated heterocycles. The molecule has 8 heteroatoms. The molecule has 3 aromatic carbocycles. The largest absolute Gasteiger partial charge is 0.351 e. The molecule has 0 aliphatic carbocycles. The Morgan fingerprint density at radius 2 is 1.72 bits per heavy atom. The third-order valence-electron chi connectivity index (χ3n) is 5.28. The van der Waals surface area contributed by atoms with E-state index < -0.39 is 22.0 Å². The van der Waals surface area contributed by atoms with E-state index in [1.165, 1.54) is 6.33 Å². The Labute approximate surface area is 187 Å². The zero-order valence-electron chi connectivity index (χ0n) is 17.6. The van der Waals surface area contributed by atoms with Gasteiger partial charge in [0, 0.05) is 24.5 Å². The second kappa shape index (κ2) is 9.33. The summed E-state index contributed by atoms with van der Waals surface area (Å²) in [6, 6.07) is 19.1. The zero-order valence-corrected chi connectivity index (χ0v) is 18.4. The molecule has 164 valence electrons. The Morgan fingerprint density at radius 1 is 1.00 bits per heavy atom. The molecule has 1 atom stereocenters. The summed E-state index contributed by atoms with van der Waals surface area (Å²) in [6.07, 6.45) is 3.26. The topological polar surface area (TPSA) is 104 Å². The number of benzene rings is 3. The fourth-order valence-electron chi connectivity index (χ4n) is 3.61. The van der Waals surface area contributed by atoms with Crippen molar-refractivity contribution in [1.82, 2.24) is 20.0 Å². The molecule has 0 bridgehead atoms. The number of aromatic nitrogens is 2. The van der Waals surface area contributed by atoms with Gasteiger partial charge in [-0.3, -0.25) is 4.79 Å². The van der Waals surface area contributed by atoms with Crippen LogP contribution >= 0.6 is 0 Å². The van der Waals surface area contributed by atoms with E-state index in [0.29, 0.717) is 17.6 Å². The van der Waals surface area contributed by atoms with E-state index in [0.717, 1.165) is 16.5 Å². The lowest BCUT2D eigenvalue weighted by Gasteiger charge is -2.19. The number of hydrogen-bond acceptors (Lipinski definition) is 4. The first-order chi connectivity index (χ1) is 15.4. The number of aryl methyl sites for hydroxylation is 1. The molecule has 0 aliphatic heterocycles. The fraction of sp³-hybridized carbons (Fsp3) is 0.167. The predicted octanol–water partition coefficient (Wildman–Crippen LogP) is 3.08. The normalized spacial score (nSPS) is 12.5. The minimum atomic E-state index is -3.98. The third-order valence-corrected chi connectivity index (χ3v) is 6.81. The van der Waals surface area contributed by atoms with Crippen LogP contribution in [-0.4, -0.2) is 30.3 Å². The molecule has 1 aromatic heterocycles. The van der Waals surface area contributed by atoms with Crippen molar-refractivity contribution in [2.75, 3.05) is 0 Å². The lowest BCUT2D eigenvalue weighted by atomic mass is 10.1. The molecule has 0 spiro atoms. The van der Waals surface area contributed by atoms with Crippen LogP contribution < -0.4 is 10.0 Å². The van der Waals surface area contributed by atoms with Crippen molar-refractivity contribution in [2.45, 2.75) is 30.8 Å². The highest BCUT2D eigenvalue weighted by Crippen LogP contribution is 2.26. The van der Waals surface area contributed by atoms with Crippen LogP contribution in [0.25, 0.3) is 10.8 Å². The lowest BCUT2D eigenvalue weighted by Crippen LogP contribution is -2.47. The van der Waals surface area contributed by atoms with Gasteiger partial charge in [0.2, 0.25) is 15.9 Å². The van der Waals surface area contributed by atoms with Crippen LogP contribution in [0.3, 0.4) is 0 Å². The molecule has 4 rings (SSSR count). The summed E-state index contributed by atoms with van der Waals surface area (Å²) in [4.78, 5) is 20.1. The molecule has 32 heavy (non-hydrogen) atoms. The van der Waals surface area contributed by atoms with Gasteiger partial charge in [-0.15, -0.1) is 0 Å². The van der Waals surface area contributed by atoms with Gasteiger partial charge in [0.1, 0.15) is 6.04 Å². The number of rotatable bonds is 8. The highest BCUT2D eigenvalue weighted by molar-refractivity contribution is 7.89. The zero-order chi connectivity index (χ0) is 22.6. The minimum Gasteiger partial charge on any atom is -0.351 e. The number of nitrogens with one attached hydrogen (secondary N) is 3. The molecule has 1 heterocycles. The number of hydrogen-bond donors (Lipinski definition) is 3. The average molecular weight is 449 g/mol. The first-order valence-electron chi connectivity index (χ1n) is 10.2. The van der Waals surface area contributed by atoms with Gasteiger partial charge in [-0.1, -0.05) is 60.7 Å². The van der Waals surface area contributed by atoms with E-state index in [2.05, 4.69) is 20.0 Å². The van der Waals surface area contributed by atoms with Crippen molar-refractivity contribution >= 4 is 26.7 Å². The van der Waals surface area contributed by atoms with E-state index >= 15 is 0 Å². The van der Waals surface area contributed by atoms with Gasteiger partial charge in [-0.25, -0.2) is 13.4 Å². The van der Waals surface area contributed by atoms with Crippen molar-refractivity contribution < 1.29 is 13.2 Å². The van der Waals surface area contributed by atoms with Crippen molar-refractivity contribution in [3.8, 4) is 0 Å². The van der Waals surface area contributed by atoms with Crippen LogP contribution in [0, 0.1) is 6.92 Å². The Balaban J connectivity index is 1.61. The summed E-state index contributed by atoms with van der Waals surface area (Å²) in [5.74, 6) is -0.420. The van der Waals surface area contributed by atoms with E-state index in [1.54, 1.807) is 30.5 Å². The van der Waals surface area contributed by atoms with E-state index in [9.17, 15) is 13.2 Å². The van der Waals surface area contributed by atoms with Crippen LogP contribution in [0.15, 0.2) is 84.1 Å². The van der Waals surface area contributed by atoms with Crippen molar-refractivity contribution in [3.05, 3.63) is 96.1 Å². The molecule has 3 N–H and O–H groups in total. The second-order valence-corrected chi connectivity index (χ2v) is 9.25. The van der Waals surface area contributed by atoms with Gasteiger partial charge in [0.05, 0.1) is 16.9 Å². The third kappa shape index (κ3) is 4.87. The number of imidazole rings is 1. The molecule has 7 nitrogen and oxygen atoms in total. The predicted molar refractivity (Wildman–Crippen MR) is 123 cm³/mol. The van der Waals surface area contributed by atoms with Crippen LogP contribution in [0.1, 0.15) is 16.8 Å². The average Bonchev–Trinajstić information content (AvgIpc) is 3.31. The summed E-state index contributed by atoms with van der Waals surface area (Å²) in [5.41, 5.74) is 2.49. The van der Waals surface area contributed by atoms with Gasteiger partial charge in [0.25, 0.3) is 0 Å². The maximum Gasteiger partial charge on any atom is 0.241 e. The molecule has 0 saturated carbocycles. The molecular formula is C24H24N4O3S. The minimum absolute atomic E-state index is 0.118. The van der Waals surface area contributed by atoms with Gasteiger partial charge in [-0.05, 0) is 29.5 Å². The molecule has 4 aromatic rings. The van der Waals surface area contributed by atoms with E-state index in [4.69, 9.17) is 0 Å². The Morgan fingerprint density at radius 3 is 2.44 bits per heavy atom. The van der Waals surface area contributed by atoms with Gasteiger partial charge in [0.15, 0.2) is 0 Å². The molecule has 0 aliphatic rings. The maximum atomic E-state index is 13.4. The maximum absolute atomic E-state index is 13.4. The number of aromatic amines is 1. The summed E-state index contributed by atoms with van der Waals surface area (Å²) in [6.45, 7) is 2.23. The smallest absolute Gasteiger partial charge is 0.241 e. The molecule has 1 amide bonds. The number of nitrogens with zero attached hydrogens (tertiary/aromatic N) is 1. The summed E-state index contributed by atoms with van der Waals surface area (Å²) < 4.78 is 29.3. The van der Waals surface area contributed by atoms with Crippen molar-refractivity contribution in [1.29, 1.82) is 0 Å². The highest BCUT2D eigenvalue weighted by atomic mass is 32.2. The Hall–Kier alpha value is -3.49.